The lowest BCUT2D eigenvalue weighted by Gasteiger charge is -2.25. The summed E-state index contributed by atoms with van der Waals surface area (Å²) in [4.78, 5) is 0. The molecular weight excluding hydrogens is 235 g/mol. The number of rotatable bonds is 3. The van der Waals surface area contributed by atoms with E-state index in [2.05, 4.69) is 0 Å². The summed E-state index contributed by atoms with van der Waals surface area (Å²) >= 11 is 5.82. The van der Waals surface area contributed by atoms with Crippen LogP contribution in [-0.2, 0) is 15.3 Å². The molecule has 2 rings (SSSR count). The molecule has 0 atom stereocenters. The number of benzene rings is 1. The molecule has 1 saturated heterocycles. The summed E-state index contributed by atoms with van der Waals surface area (Å²) in [5.74, 6) is -1.16. The highest BCUT2D eigenvalue weighted by Gasteiger charge is 2.38. The molecule has 0 N–H and O–H groups in total. The highest BCUT2D eigenvalue weighted by atomic mass is 35.5. The second-order valence-electron chi connectivity index (χ2n) is 3.43. The first-order valence-electron chi connectivity index (χ1n) is 4.90. The Morgan fingerprint density at radius 3 is 2.62 bits per heavy atom. The standard InChI is InChI=1S/C11H12ClFO3/c1-14-10-3-2-8(6-9(10)13)11(7-12)15-4-5-16-11/h2-3,6H,4-5,7H2,1H3. The number of methoxy groups -OCH3 is 1. The maximum Gasteiger partial charge on any atom is 0.209 e. The second kappa shape index (κ2) is 4.57. The first kappa shape index (κ1) is 11.6. The van der Waals surface area contributed by atoms with E-state index >= 15 is 0 Å². The molecule has 0 aromatic heterocycles. The Labute approximate surface area is 98.1 Å². The molecule has 1 aromatic rings. The molecule has 3 nitrogen and oxygen atoms in total. The smallest absolute Gasteiger partial charge is 0.209 e. The highest BCUT2D eigenvalue weighted by molar-refractivity contribution is 6.18. The lowest BCUT2D eigenvalue weighted by molar-refractivity contribution is -0.146. The van der Waals surface area contributed by atoms with Crippen molar-refractivity contribution < 1.29 is 18.6 Å². The van der Waals surface area contributed by atoms with Crippen LogP contribution in [0.2, 0.25) is 0 Å². The van der Waals surface area contributed by atoms with Gasteiger partial charge in [0.15, 0.2) is 11.6 Å². The minimum atomic E-state index is -1.02. The summed E-state index contributed by atoms with van der Waals surface area (Å²) < 4.78 is 29.3. The van der Waals surface area contributed by atoms with Crippen molar-refractivity contribution in [1.29, 1.82) is 0 Å². The van der Waals surface area contributed by atoms with E-state index in [0.717, 1.165) is 0 Å². The van der Waals surface area contributed by atoms with Crippen molar-refractivity contribution in [2.45, 2.75) is 5.79 Å². The van der Waals surface area contributed by atoms with Gasteiger partial charge in [-0.2, -0.15) is 0 Å². The van der Waals surface area contributed by atoms with Crippen LogP contribution < -0.4 is 4.74 Å². The molecule has 88 valence electrons. The Morgan fingerprint density at radius 2 is 2.12 bits per heavy atom. The van der Waals surface area contributed by atoms with Crippen molar-refractivity contribution in [3.63, 3.8) is 0 Å². The number of alkyl halides is 1. The van der Waals surface area contributed by atoms with E-state index in [-0.39, 0.29) is 11.6 Å². The monoisotopic (exact) mass is 246 g/mol. The first-order chi connectivity index (χ1) is 7.72. The molecule has 0 amide bonds. The van der Waals surface area contributed by atoms with Crippen molar-refractivity contribution >= 4 is 11.6 Å². The Morgan fingerprint density at radius 1 is 1.44 bits per heavy atom. The van der Waals surface area contributed by atoms with Crippen molar-refractivity contribution in [3.05, 3.63) is 29.6 Å². The van der Waals surface area contributed by atoms with E-state index in [4.69, 9.17) is 25.8 Å². The number of hydrogen-bond acceptors (Lipinski definition) is 3. The summed E-state index contributed by atoms with van der Waals surface area (Å²) in [7, 11) is 1.41. The third kappa shape index (κ3) is 1.88. The number of ether oxygens (including phenoxy) is 3. The van der Waals surface area contributed by atoms with Gasteiger partial charge in [0.2, 0.25) is 5.79 Å². The van der Waals surface area contributed by atoms with Gasteiger partial charge in [-0.05, 0) is 18.2 Å². The van der Waals surface area contributed by atoms with Crippen LogP contribution in [0.15, 0.2) is 18.2 Å². The zero-order valence-corrected chi connectivity index (χ0v) is 9.59. The molecular formula is C11H12ClFO3. The van der Waals surface area contributed by atoms with Crippen LogP contribution in [0.5, 0.6) is 5.75 Å². The van der Waals surface area contributed by atoms with E-state index in [1.165, 1.54) is 19.2 Å². The fourth-order valence-corrected chi connectivity index (χ4v) is 1.99. The molecule has 1 aliphatic rings. The molecule has 0 spiro atoms. The topological polar surface area (TPSA) is 27.7 Å². The van der Waals surface area contributed by atoms with Crippen molar-refractivity contribution in [2.24, 2.45) is 0 Å². The minimum Gasteiger partial charge on any atom is -0.494 e. The average molecular weight is 247 g/mol. The normalized spacial score (nSPS) is 18.7. The predicted octanol–water partition coefficient (Wildman–Crippen LogP) is 2.27. The molecule has 1 aromatic carbocycles. The molecule has 1 fully saturated rings. The molecule has 0 radical (unpaired) electrons. The van der Waals surface area contributed by atoms with Gasteiger partial charge in [0, 0.05) is 5.56 Å². The van der Waals surface area contributed by atoms with Gasteiger partial charge < -0.3 is 14.2 Å². The van der Waals surface area contributed by atoms with Gasteiger partial charge in [-0.1, -0.05) is 0 Å². The van der Waals surface area contributed by atoms with Crippen LogP contribution in [0.25, 0.3) is 0 Å². The Kier molecular flexibility index (Phi) is 3.33. The Balaban J connectivity index is 2.36. The van der Waals surface area contributed by atoms with Crippen LogP contribution in [0.3, 0.4) is 0 Å². The third-order valence-electron chi connectivity index (χ3n) is 2.52. The molecule has 5 heteroatoms. The molecule has 0 saturated carbocycles. The van der Waals surface area contributed by atoms with E-state index < -0.39 is 11.6 Å². The van der Waals surface area contributed by atoms with Gasteiger partial charge in [-0.3, -0.25) is 0 Å². The highest BCUT2D eigenvalue weighted by Crippen LogP contribution is 2.34. The summed E-state index contributed by atoms with van der Waals surface area (Å²) in [5.41, 5.74) is 0.568. The van der Waals surface area contributed by atoms with Gasteiger partial charge in [0.1, 0.15) is 0 Å². The maximum atomic E-state index is 13.5. The lowest BCUT2D eigenvalue weighted by Crippen LogP contribution is -2.29. The van der Waals surface area contributed by atoms with Gasteiger partial charge in [-0.15, -0.1) is 11.6 Å². The molecule has 0 aliphatic carbocycles. The van der Waals surface area contributed by atoms with Crippen LogP contribution in [-0.4, -0.2) is 26.2 Å². The number of halogens is 2. The van der Waals surface area contributed by atoms with Crippen LogP contribution in [0.4, 0.5) is 4.39 Å². The molecule has 1 aliphatic heterocycles. The fourth-order valence-electron chi connectivity index (χ4n) is 1.68. The zero-order chi connectivity index (χ0) is 11.6. The fraction of sp³-hybridized carbons (Fsp3) is 0.455. The predicted molar refractivity (Wildman–Crippen MR) is 57.3 cm³/mol. The molecule has 0 bridgehead atoms. The summed E-state index contributed by atoms with van der Waals surface area (Å²) in [6.07, 6.45) is 0. The van der Waals surface area contributed by atoms with Gasteiger partial charge in [-0.25, -0.2) is 4.39 Å². The summed E-state index contributed by atoms with van der Waals surface area (Å²) in [6.45, 7) is 0.917. The average Bonchev–Trinajstić information content (AvgIpc) is 2.78. The van der Waals surface area contributed by atoms with E-state index in [0.29, 0.717) is 18.8 Å². The second-order valence-corrected chi connectivity index (χ2v) is 3.70. The van der Waals surface area contributed by atoms with Crippen molar-refractivity contribution in [2.75, 3.05) is 26.2 Å². The summed E-state index contributed by atoms with van der Waals surface area (Å²) in [6, 6.07) is 4.55. The SMILES string of the molecule is COc1ccc(C2(CCl)OCCO2)cc1F. The quantitative estimate of drug-likeness (QED) is 0.766. The lowest BCUT2D eigenvalue weighted by atomic mass is 10.1. The molecule has 0 unspecified atom stereocenters. The van der Waals surface area contributed by atoms with Crippen LogP contribution >= 0.6 is 11.6 Å². The van der Waals surface area contributed by atoms with Gasteiger partial charge in [0.05, 0.1) is 26.2 Å². The Hall–Kier alpha value is -0.840. The maximum absolute atomic E-state index is 13.5. The molecule has 16 heavy (non-hydrogen) atoms. The zero-order valence-electron chi connectivity index (χ0n) is 8.83. The van der Waals surface area contributed by atoms with Gasteiger partial charge in [0.25, 0.3) is 0 Å². The van der Waals surface area contributed by atoms with E-state index in [1.807, 2.05) is 0 Å². The minimum absolute atomic E-state index is 0.124. The van der Waals surface area contributed by atoms with Crippen molar-refractivity contribution in [1.82, 2.24) is 0 Å². The number of hydrogen-bond donors (Lipinski definition) is 0. The van der Waals surface area contributed by atoms with Crippen LogP contribution in [0.1, 0.15) is 5.56 Å². The van der Waals surface area contributed by atoms with Crippen LogP contribution in [0, 0.1) is 5.82 Å². The third-order valence-corrected chi connectivity index (χ3v) is 2.87. The van der Waals surface area contributed by atoms with E-state index in [1.54, 1.807) is 6.07 Å². The Bertz CT molecular complexity index is 377. The van der Waals surface area contributed by atoms with Crippen molar-refractivity contribution in [3.8, 4) is 5.75 Å². The molecule has 1 heterocycles. The largest absolute Gasteiger partial charge is 0.494 e. The van der Waals surface area contributed by atoms with Gasteiger partial charge >= 0.3 is 0 Å². The van der Waals surface area contributed by atoms with E-state index in [9.17, 15) is 4.39 Å². The summed E-state index contributed by atoms with van der Waals surface area (Å²) in [5, 5.41) is 0. The first-order valence-corrected chi connectivity index (χ1v) is 5.43.